The standard InChI is InChI=1S/C18H17ClFNO2/c19-16-7-6-13(8-17(16)20)14-10-21(11-15(14)18(22)23)9-12-4-2-1-3-5-12/h1-8,14-15H,9-11H2,(H,22,23)/t14-,15+/m0/s1. The molecular weight excluding hydrogens is 317 g/mol. The summed E-state index contributed by atoms with van der Waals surface area (Å²) in [4.78, 5) is 13.7. The first-order chi connectivity index (χ1) is 11.0. The molecule has 0 aromatic heterocycles. The third kappa shape index (κ3) is 3.54. The predicted molar refractivity (Wildman–Crippen MR) is 87.0 cm³/mol. The van der Waals surface area contributed by atoms with E-state index in [1.54, 1.807) is 6.07 Å². The Kier molecular flexibility index (Phi) is 4.64. The summed E-state index contributed by atoms with van der Waals surface area (Å²) in [5, 5.41) is 9.56. The van der Waals surface area contributed by atoms with Crippen molar-refractivity contribution in [1.29, 1.82) is 0 Å². The minimum Gasteiger partial charge on any atom is -0.481 e. The Morgan fingerprint density at radius 1 is 1.22 bits per heavy atom. The van der Waals surface area contributed by atoms with Crippen LogP contribution in [0, 0.1) is 11.7 Å². The quantitative estimate of drug-likeness (QED) is 0.925. The van der Waals surface area contributed by atoms with Crippen LogP contribution >= 0.6 is 11.6 Å². The minimum atomic E-state index is -0.846. The lowest BCUT2D eigenvalue weighted by Gasteiger charge is -2.16. The highest BCUT2D eigenvalue weighted by Crippen LogP contribution is 2.35. The zero-order valence-electron chi connectivity index (χ0n) is 12.5. The highest BCUT2D eigenvalue weighted by molar-refractivity contribution is 6.30. The maximum absolute atomic E-state index is 13.7. The van der Waals surface area contributed by atoms with Crippen molar-refractivity contribution < 1.29 is 14.3 Å². The second-order valence-corrected chi connectivity index (χ2v) is 6.31. The number of carboxylic acids is 1. The minimum absolute atomic E-state index is 0.0553. The van der Waals surface area contributed by atoms with Gasteiger partial charge in [0.2, 0.25) is 0 Å². The number of rotatable bonds is 4. The fraction of sp³-hybridized carbons (Fsp3) is 0.278. The maximum Gasteiger partial charge on any atom is 0.308 e. The summed E-state index contributed by atoms with van der Waals surface area (Å²) in [6.45, 7) is 1.74. The van der Waals surface area contributed by atoms with Crippen molar-refractivity contribution in [3.05, 3.63) is 70.5 Å². The molecule has 5 heteroatoms. The number of halogens is 2. The smallest absolute Gasteiger partial charge is 0.308 e. The van der Waals surface area contributed by atoms with Gasteiger partial charge in [0.15, 0.2) is 0 Å². The number of hydrogen-bond donors (Lipinski definition) is 1. The average molecular weight is 334 g/mol. The largest absolute Gasteiger partial charge is 0.481 e. The lowest BCUT2D eigenvalue weighted by atomic mass is 9.89. The van der Waals surface area contributed by atoms with Crippen LogP contribution in [-0.4, -0.2) is 29.1 Å². The van der Waals surface area contributed by atoms with Gasteiger partial charge in [-0.15, -0.1) is 0 Å². The summed E-state index contributed by atoms with van der Waals surface area (Å²) in [5.74, 6) is -2.13. The molecule has 0 bridgehead atoms. The summed E-state index contributed by atoms with van der Waals surface area (Å²) in [5.41, 5.74) is 1.83. The number of hydrogen-bond acceptors (Lipinski definition) is 2. The van der Waals surface area contributed by atoms with Crippen molar-refractivity contribution >= 4 is 17.6 Å². The van der Waals surface area contributed by atoms with Gasteiger partial charge in [0.1, 0.15) is 5.82 Å². The average Bonchev–Trinajstić information content (AvgIpc) is 2.95. The van der Waals surface area contributed by atoms with E-state index < -0.39 is 17.7 Å². The zero-order chi connectivity index (χ0) is 16.4. The van der Waals surface area contributed by atoms with Gasteiger partial charge < -0.3 is 5.11 Å². The molecule has 1 fully saturated rings. The molecule has 0 saturated carbocycles. The number of carboxylic acid groups (broad SMARTS) is 1. The summed E-state index contributed by atoms with van der Waals surface area (Å²) < 4.78 is 13.7. The Labute approximate surface area is 139 Å². The molecule has 0 spiro atoms. The second-order valence-electron chi connectivity index (χ2n) is 5.90. The number of benzene rings is 2. The Bertz CT molecular complexity index is 707. The van der Waals surface area contributed by atoms with E-state index >= 15 is 0 Å². The normalized spacial score (nSPS) is 21.5. The molecule has 1 aliphatic rings. The van der Waals surface area contributed by atoms with Crippen molar-refractivity contribution in [2.24, 2.45) is 5.92 Å². The van der Waals surface area contributed by atoms with Crippen LogP contribution in [0.2, 0.25) is 5.02 Å². The third-order valence-corrected chi connectivity index (χ3v) is 4.64. The summed E-state index contributed by atoms with van der Waals surface area (Å²) in [7, 11) is 0. The molecule has 1 saturated heterocycles. The lowest BCUT2D eigenvalue weighted by molar-refractivity contribution is -0.141. The molecule has 0 aliphatic carbocycles. The maximum atomic E-state index is 13.7. The molecule has 23 heavy (non-hydrogen) atoms. The van der Waals surface area contributed by atoms with E-state index in [4.69, 9.17) is 11.6 Å². The first kappa shape index (κ1) is 16.0. The molecule has 0 unspecified atom stereocenters. The van der Waals surface area contributed by atoms with E-state index in [1.165, 1.54) is 12.1 Å². The van der Waals surface area contributed by atoms with Crippen LogP contribution in [0.4, 0.5) is 4.39 Å². The van der Waals surface area contributed by atoms with Crippen molar-refractivity contribution in [3.8, 4) is 0 Å². The van der Waals surface area contributed by atoms with Crippen molar-refractivity contribution in [1.82, 2.24) is 4.90 Å². The SMILES string of the molecule is O=C(O)[C@@H]1CN(Cc2ccccc2)C[C@H]1c1ccc(Cl)c(F)c1. The van der Waals surface area contributed by atoms with Gasteiger partial charge in [0.25, 0.3) is 0 Å². The third-order valence-electron chi connectivity index (χ3n) is 4.33. The fourth-order valence-corrected chi connectivity index (χ4v) is 3.30. The van der Waals surface area contributed by atoms with Crippen LogP contribution in [-0.2, 0) is 11.3 Å². The molecule has 120 valence electrons. The molecule has 2 atom stereocenters. The molecule has 2 aromatic carbocycles. The molecule has 0 amide bonds. The van der Waals surface area contributed by atoms with Crippen LogP contribution < -0.4 is 0 Å². The van der Waals surface area contributed by atoms with E-state index in [1.807, 2.05) is 30.3 Å². The van der Waals surface area contributed by atoms with Gasteiger partial charge in [-0.2, -0.15) is 0 Å². The second kappa shape index (κ2) is 6.69. The van der Waals surface area contributed by atoms with Gasteiger partial charge >= 0.3 is 5.97 Å². The van der Waals surface area contributed by atoms with E-state index in [0.29, 0.717) is 25.2 Å². The van der Waals surface area contributed by atoms with Crippen LogP contribution in [0.5, 0.6) is 0 Å². The number of aliphatic carboxylic acids is 1. The van der Waals surface area contributed by atoms with Crippen molar-refractivity contribution in [2.75, 3.05) is 13.1 Å². The van der Waals surface area contributed by atoms with E-state index in [2.05, 4.69) is 4.90 Å². The highest BCUT2D eigenvalue weighted by atomic mass is 35.5. The number of likely N-dealkylation sites (tertiary alicyclic amines) is 1. The van der Waals surface area contributed by atoms with Crippen LogP contribution in [0.25, 0.3) is 0 Å². The van der Waals surface area contributed by atoms with Crippen LogP contribution in [0.15, 0.2) is 48.5 Å². The molecule has 1 N–H and O–H groups in total. The number of carbonyl (C=O) groups is 1. The summed E-state index contributed by atoms with van der Waals surface area (Å²) in [6, 6.07) is 14.5. The van der Waals surface area contributed by atoms with E-state index in [0.717, 1.165) is 5.56 Å². The van der Waals surface area contributed by atoms with E-state index in [9.17, 15) is 14.3 Å². The molecular formula is C18H17ClFNO2. The Morgan fingerprint density at radius 2 is 1.96 bits per heavy atom. The monoisotopic (exact) mass is 333 g/mol. The van der Waals surface area contributed by atoms with Gasteiger partial charge in [-0.1, -0.05) is 48.0 Å². The van der Waals surface area contributed by atoms with Gasteiger partial charge in [0.05, 0.1) is 10.9 Å². The molecule has 2 aromatic rings. The summed E-state index contributed by atoms with van der Waals surface area (Å²) in [6.07, 6.45) is 0. The topological polar surface area (TPSA) is 40.5 Å². The Hall–Kier alpha value is -1.91. The summed E-state index contributed by atoms with van der Waals surface area (Å²) >= 11 is 5.72. The number of nitrogens with zero attached hydrogens (tertiary/aromatic N) is 1. The fourth-order valence-electron chi connectivity index (χ4n) is 3.19. The van der Waals surface area contributed by atoms with Crippen molar-refractivity contribution in [2.45, 2.75) is 12.5 Å². The molecule has 3 rings (SSSR count). The molecule has 1 aliphatic heterocycles. The first-order valence-electron chi connectivity index (χ1n) is 7.48. The van der Waals surface area contributed by atoms with Crippen molar-refractivity contribution in [3.63, 3.8) is 0 Å². The Balaban J connectivity index is 1.81. The zero-order valence-corrected chi connectivity index (χ0v) is 13.2. The predicted octanol–water partition coefficient (Wildman–Crippen LogP) is 3.78. The highest BCUT2D eigenvalue weighted by Gasteiger charge is 2.38. The lowest BCUT2D eigenvalue weighted by Crippen LogP contribution is -2.23. The van der Waals surface area contributed by atoms with Gasteiger partial charge in [-0.05, 0) is 23.3 Å². The van der Waals surface area contributed by atoms with Crippen LogP contribution in [0.3, 0.4) is 0 Å². The van der Waals surface area contributed by atoms with Gasteiger partial charge in [-0.25, -0.2) is 4.39 Å². The molecule has 3 nitrogen and oxygen atoms in total. The molecule has 0 radical (unpaired) electrons. The molecule has 1 heterocycles. The Morgan fingerprint density at radius 3 is 2.61 bits per heavy atom. The van der Waals surface area contributed by atoms with Gasteiger partial charge in [-0.3, -0.25) is 9.69 Å². The van der Waals surface area contributed by atoms with Gasteiger partial charge in [0, 0.05) is 25.6 Å². The first-order valence-corrected chi connectivity index (χ1v) is 7.86. The van der Waals surface area contributed by atoms with E-state index in [-0.39, 0.29) is 10.9 Å². The van der Waals surface area contributed by atoms with Crippen LogP contribution in [0.1, 0.15) is 17.0 Å².